The summed E-state index contributed by atoms with van der Waals surface area (Å²) in [4.78, 5) is 36.6. The molecule has 1 saturated heterocycles. The predicted octanol–water partition coefficient (Wildman–Crippen LogP) is 4.28. The summed E-state index contributed by atoms with van der Waals surface area (Å²) in [5.74, 6) is -2.64. The normalized spacial score (nSPS) is 13.3. The first-order valence-corrected chi connectivity index (χ1v) is 12.6. The number of imidazole rings is 1. The molecule has 13 heteroatoms. The second kappa shape index (κ2) is 11.2. The standard InChI is InChI=1S/C27H22ClF2N7O3/c1-16(38)35-9-11-36(12-10-35)27(39)18-3-2-17(14-20(18)28)34-25-26-33-15-21(37(26)8-7-32-25)19-4-5-22(40-13-6-31)24(30)23(19)29/h2-5,7-8,14-15H,9-13H2,1H3,(H,32,34). The molecule has 1 aliphatic heterocycles. The first-order valence-electron chi connectivity index (χ1n) is 12.2. The molecule has 2 amide bonds. The van der Waals surface area contributed by atoms with Gasteiger partial charge in [-0.1, -0.05) is 11.6 Å². The van der Waals surface area contributed by atoms with Crippen LogP contribution in [0.4, 0.5) is 20.3 Å². The molecule has 40 heavy (non-hydrogen) atoms. The number of nitrogens with one attached hydrogen (secondary N) is 1. The van der Waals surface area contributed by atoms with Gasteiger partial charge >= 0.3 is 0 Å². The van der Waals surface area contributed by atoms with E-state index >= 15 is 0 Å². The molecule has 10 nitrogen and oxygen atoms in total. The SMILES string of the molecule is CC(=O)N1CCN(C(=O)c2ccc(Nc3nccn4c(-c5ccc(OCC#N)c(F)c5F)cnc34)cc2Cl)CC1. The lowest BCUT2D eigenvalue weighted by Gasteiger charge is -2.34. The molecule has 2 aromatic carbocycles. The maximum atomic E-state index is 14.9. The van der Waals surface area contributed by atoms with Crippen LogP contribution in [0.5, 0.6) is 5.75 Å². The number of ether oxygens (including phenoxy) is 1. The molecule has 5 rings (SSSR count). The summed E-state index contributed by atoms with van der Waals surface area (Å²) in [6, 6.07) is 9.17. The Bertz CT molecular complexity index is 1660. The quantitative estimate of drug-likeness (QED) is 0.371. The third kappa shape index (κ3) is 5.11. The molecule has 4 aromatic rings. The van der Waals surface area contributed by atoms with Gasteiger partial charge in [0.05, 0.1) is 22.5 Å². The molecule has 0 bridgehead atoms. The van der Waals surface area contributed by atoms with Crippen molar-refractivity contribution in [3.05, 3.63) is 71.1 Å². The molecule has 2 aromatic heterocycles. The highest BCUT2D eigenvalue weighted by molar-refractivity contribution is 6.34. The molecular formula is C27H22ClF2N7O3. The minimum atomic E-state index is -1.21. The Balaban J connectivity index is 1.37. The summed E-state index contributed by atoms with van der Waals surface area (Å²) < 4.78 is 35.9. The van der Waals surface area contributed by atoms with Crippen molar-refractivity contribution in [2.75, 3.05) is 38.1 Å². The number of aromatic nitrogens is 3. The molecule has 0 aliphatic carbocycles. The van der Waals surface area contributed by atoms with Gasteiger partial charge in [-0.05, 0) is 30.3 Å². The summed E-state index contributed by atoms with van der Waals surface area (Å²) in [6.07, 6.45) is 4.41. The molecule has 0 atom stereocenters. The summed E-state index contributed by atoms with van der Waals surface area (Å²) in [5, 5.41) is 12.0. The number of halogens is 3. The smallest absolute Gasteiger partial charge is 0.255 e. The van der Waals surface area contributed by atoms with Crippen molar-refractivity contribution >= 4 is 40.6 Å². The molecule has 0 radical (unpaired) electrons. The Kier molecular flexibility index (Phi) is 7.48. The van der Waals surface area contributed by atoms with Crippen molar-refractivity contribution in [1.29, 1.82) is 5.26 Å². The highest BCUT2D eigenvalue weighted by Gasteiger charge is 2.25. The predicted molar refractivity (Wildman–Crippen MR) is 142 cm³/mol. The highest BCUT2D eigenvalue weighted by atomic mass is 35.5. The average molecular weight is 566 g/mol. The zero-order valence-electron chi connectivity index (χ0n) is 21.2. The van der Waals surface area contributed by atoms with Crippen molar-refractivity contribution in [2.45, 2.75) is 6.92 Å². The summed E-state index contributed by atoms with van der Waals surface area (Å²) in [6.45, 7) is 2.87. The summed E-state index contributed by atoms with van der Waals surface area (Å²) >= 11 is 6.47. The molecule has 1 aliphatic rings. The number of benzene rings is 2. The number of anilines is 2. The third-order valence-electron chi connectivity index (χ3n) is 6.52. The van der Waals surface area contributed by atoms with E-state index in [9.17, 15) is 18.4 Å². The van der Waals surface area contributed by atoms with Crippen LogP contribution in [-0.4, -0.2) is 68.8 Å². The van der Waals surface area contributed by atoms with Crippen LogP contribution in [0.2, 0.25) is 5.02 Å². The number of fused-ring (bicyclic) bond motifs is 1. The lowest BCUT2D eigenvalue weighted by Crippen LogP contribution is -2.50. The summed E-state index contributed by atoms with van der Waals surface area (Å²) in [5.41, 5.74) is 1.41. The molecule has 0 spiro atoms. The van der Waals surface area contributed by atoms with Gasteiger partial charge in [0.15, 0.2) is 29.6 Å². The molecule has 1 fully saturated rings. The van der Waals surface area contributed by atoms with Gasteiger partial charge in [0, 0.05) is 56.7 Å². The maximum absolute atomic E-state index is 14.9. The van der Waals surface area contributed by atoms with E-state index in [4.69, 9.17) is 21.6 Å². The van der Waals surface area contributed by atoms with Gasteiger partial charge in [-0.2, -0.15) is 9.65 Å². The van der Waals surface area contributed by atoms with Crippen LogP contribution in [0.3, 0.4) is 0 Å². The molecule has 204 valence electrons. The topological polar surface area (TPSA) is 116 Å². The minimum Gasteiger partial charge on any atom is -0.476 e. The third-order valence-corrected chi connectivity index (χ3v) is 6.83. The van der Waals surface area contributed by atoms with Crippen LogP contribution in [-0.2, 0) is 4.79 Å². The zero-order chi connectivity index (χ0) is 28.4. The van der Waals surface area contributed by atoms with Crippen molar-refractivity contribution < 1.29 is 23.1 Å². The van der Waals surface area contributed by atoms with E-state index in [0.717, 1.165) is 0 Å². The van der Waals surface area contributed by atoms with Crippen LogP contribution in [0.1, 0.15) is 17.3 Å². The molecular weight excluding hydrogens is 544 g/mol. The largest absolute Gasteiger partial charge is 0.476 e. The fourth-order valence-corrected chi connectivity index (χ4v) is 4.72. The monoisotopic (exact) mass is 565 g/mol. The number of hydrogen-bond acceptors (Lipinski definition) is 7. The fraction of sp³-hybridized carbons (Fsp3) is 0.222. The number of nitrogens with zero attached hydrogens (tertiary/aromatic N) is 6. The van der Waals surface area contributed by atoms with Crippen LogP contribution >= 0.6 is 11.6 Å². The lowest BCUT2D eigenvalue weighted by atomic mass is 10.1. The van der Waals surface area contributed by atoms with E-state index in [1.807, 2.05) is 0 Å². The molecule has 1 N–H and O–H groups in total. The van der Waals surface area contributed by atoms with E-state index in [0.29, 0.717) is 48.9 Å². The van der Waals surface area contributed by atoms with Crippen molar-refractivity contribution in [2.24, 2.45) is 0 Å². The van der Waals surface area contributed by atoms with E-state index in [-0.39, 0.29) is 33.8 Å². The van der Waals surface area contributed by atoms with Gasteiger partial charge in [0.2, 0.25) is 11.7 Å². The van der Waals surface area contributed by atoms with Gasteiger partial charge in [-0.25, -0.2) is 14.4 Å². The van der Waals surface area contributed by atoms with Gasteiger partial charge in [-0.15, -0.1) is 0 Å². The first kappa shape index (κ1) is 26.8. The Hall–Kier alpha value is -4.76. The molecule has 0 unspecified atom stereocenters. The van der Waals surface area contributed by atoms with Gasteiger partial charge in [0.1, 0.15) is 6.07 Å². The molecule has 0 saturated carbocycles. The Morgan fingerprint density at radius 1 is 1.10 bits per heavy atom. The number of piperazine rings is 1. The number of rotatable bonds is 6. The second-order valence-electron chi connectivity index (χ2n) is 8.92. The lowest BCUT2D eigenvalue weighted by molar-refractivity contribution is -0.130. The van der Waals surface area contributed by atoms with Crippen molar-refractivity contribution in [3.63, 3.8) is 0 Å². The van der Waals surface area contributed by atoms with Gasteiger partial charge in [-0.3, -0.25) is 14.0 Å². The number of carbonyl (C=O) groups excluding carboxylic acids is 2. The van der Waals surface area contributed by atoms with E-state index in [1.54, 1.807) is 44.7 Å². The minimum absolute atomic E-state index is 0.0226. The number of amides is 2. The van der Waals surface area contributed by atoms with E-state index in [1.165, 1.54) is 31.5 Å². The Morgan fingerprint density at radius 2 is 1.85 bits per heavy atom. The van der Waals surface area contributed by atoms with Crippen LogP contribution in [0.25, 0.3) is 16.9 Å². The summed E-state index contributed by atoms with van der Waals surface area (Å²) in [7, 11) is 0. The Labute approximate surface area is 232 Å². The first-order chi connectivity index (χ1) is 19.3. The van der Waals surface area contributed by atoms with Gasteiger partial charge in [0.25, 0.3) is 5.91 Å². The number of carbonyl (C=O) groups is 2. The number of nitriles is 1. The van der Waals surface area contributed by atoms with Gasteiger partial charge < -0.3 is 19.9 Å². The van der Waals surface area contributed by atoms with Crippen molar-refractivity contribution in [1.82, 2.24) is 24.2 Å². The van der Waals surface area contributed by atoms with Crippen molar-refractivity contribution in [3.8, 4) is 23.1 Å². The van der Waals surface area contributed by atoms with Crippen LogP contribution < -0.4 is 10.1 Å². The molecule has 3 heterocycles. The van der Waals surface area contributed by atoms with E-state index in [2.05, 4.69) is 15.3 Å². The Morgan fingerprint density at radius 3 is 2.55 bits per heavy atom. The van der Waals surface area contributed by atoms with Crippen LogP contribution in [0, 0.1) is 23.0 Å². The van der Waals surface area contributed by atoms with E-state index < -0.39 is 18.2 Å². The fourth-order valence-electron chi connectivity index (χ4n) is 4.46. The van der Waals surface area contributed by atoms with Crippen LogP contribution in [0.15, 0.2) is 48.9 Å². The highest BCUT2D eigenvalue weighted by Crippen LogP contribution is 2.32. The maximum Gasteiger partial charge on any atom is 0.255 e. The second-order valence-corrected chi connectivity index (χ2v) is 9.32. The average Bonchev–Trinajstić information content (AvgIpc) is 3.38. The number of hydrogen-bond donors (Lipinski definition) is 1. The zero-order valence-corrected chi connectivity index (χ0v) is 22.0.